The van der Waals surface area contributed by atoms with Crippen molar-refractivity contribution in [2.24, 2.45) is 0 Å². The third-order valence-corrected chi connectivity index (χ3v) is 18.6. The maximum absolute atomic E-state index is 13.2. The Morgan fingerprint density at radius 3 is 1.46 bits per heavy atom. The number of aryl methyl sites for hydroxylation is 5. The number of carbonyl (C=O) groups is 2. The zero-order valence-electron chi connectivity index (χ0n) is 74.5. The van der Waals surface area contributed by atoms with Crippen molar-refractivity contribution in [3.8, 4) is 102 Å². The minimum atomic E-state index is -2.37. The van der Waals surface area contributed by atoms with E-state index in [0.717, 1.165) is 112 Å². The van der Waals surface area contributed by atoms with Gasteiger partial charge in [-0.1, -0.05) is 200 Å². The molecular weight excluding hydrogens is 2280 g/mol. The zero-order chi connectivity index (χ0) is 89.4. The molecule has 0 saturated carbocycles. The number of aliphatic hydroxyl groups is 2. The molecule has 4 radical (unpaired) electrons. The van der Waals surface area contributed by atoms with Gasteiger partial charge in [-0.05, 0) is 166 Å². The number of fused-ring (bicyclic) bond motifs is 5. The molecule has 1 atom stereocenters. The first kappa shape index (κ1) is 92.6. The first-order chi connectivity index (χ1) is 60.6. The van der Waals surface area contributed by atoms with Crippen LogP contribution in [0.25, 0.3) is 145 Å². The molecule has 1 unspecified atom stereocenters. The van der Waals surface area contributed by atoms with Crippen LogP contribution < -0.4 is 0 Å². The summed E-state index contributed by atoms with van der Waals surface area (Å²) in [5.41, 5.74) is 23.2. The van der Waals surface area contributed by atoms with Crippen molar-refractivity contribution >= 4 is 55.4 Å². The van der Waals surface area contributed by atoms with Gasteiger partial charge < -0.3 is 29.6 Å². The van der Waals surface area contributed by atoms with Crippen molar-refractivity contribution in [2.75, 3.05) is 0 Å². The van der Waals surface area contributed by atoms with Crippen LogP contribution in [-0.2, 0) is 90.0 Å². The second-order valence-electron chi connectivity index (χ2n) is 28.6. The molecule has 10 aromatic carbocycles. The van der Waals surface area contributed by atoms with E-state index in [0.29, 0.717) is 34.3 Å². The predicted molar refractivity (Wildman–Crippen MR) is 490 cm³/mol. The monoisotopic (exact) mass is 2370 g/mol. The van der Waals surface area contributed by atoms with E-state index in [1.165, 1.54) is 91.9 Å². The summed E-state index contributed by atoms with van der Waals surface area (Å²) in [4.78, 5) is 61.3. The Morgan fingerprint density at radius 2 is 0.913 bits per heavy atom. The van der Waals surface area contributed by atoms with Crippen LogP contribution in [0.5, 0.6) is 0 Å². The van der Waals surface area contributed by atoms with E-state index < -0.39 is 12.7 Å². The second-order valence-corrected chi connectivity index (χ2v) is 28.6. The number of ketones is 2. The Kier molecular flexibility index (Phi) is 35.7. The van der Waals surface area contributed by atoms with Crippen LogP contribution in [0.15, 0.2) is 338 Å². The summed E-state index contributed by atoms with van der Waals surface area (Å²) in [7, 11) is 0. The fraction of sp³-hybridized carbons (Fsp3) is 0.112. The predicted octanol–water partition coefficient (Wildman–Crippen LogP) is 26.1. The maximum Gasteiger partial charge on any atom is 0.216 e. The van der Waals surface area contributed by atoms with Gasteiger partial charge in [-0.2, -0.15) is 0 Å². The van der Waals surface area contributed by atoms with Gasteiger partial charge in [0.15, 0.2) is 23.2 Å². The van der Waals surface area contributed by atoms with Gasteiger partial charge in [-0.15, -0.1) is 155 Å². The first-order valence-electron chi connectivity index (χ1n) is 41.2. The Balaban J connectivity index is 0.000000195. The second kappa shape index (κ2) is 48.6. The number of para-hydroxylation sites is 1. The van der Waals surface area contributed by atoms with E-state index in [1.54, 1.807) is 48.9 Å². The van der Waals surface area contributed by atoms with E-state index in [-0.39, 0.29) is 109 Å². The van der Waals surface area contributed by atoms with Crippen molar-refractivity contribution in [1.29, 1.82) is 0 Å². The molecule has 0 amide bonds. The maximum atomic E-state index is 13.2. The molecule has 0 fully saturated rings. The van der Waals surface area contributed by atoms with Crippen LogP contribution in [0.4, 0.5) is 4.39 Å². The van der Waals surface area contributed by atoms with Crippen LogP contribution in [0, 0.1) is 70.8 Å². The molecule has 0 aliphatic rings. The van der Waals surface area contributed by atoms with Crippen molar-refractivity contribution in [2.45, 2.75) is 82.0 Å². The summed E-state index contributed by atoms with van der Waals surface area (Å²) in [6.45, 7) is 15.0. The molecule has 0 spiro atoms. The van der Waals surface area contributed by atoms with E-state index >= 15 is 0 Å². The topological polar surface area (TPSA) is 204 Å². The van der Waals surface area contributed by atoms with Gasteiger partial charge in [-0.25, -0.2) is 24.3 Å². The SMILES string of the molecule is CC(=O)C=C(C)O.CC(=O)C=C(C)O.Cc1cc[c-]c(-c2ccc3ccc(C)cc3n2)c1.Cc1ccc(-c2nc(-c3c[c-]c(-c4ccccn4)cc3)nc(-c3ccc(C)cc3)n2)cc1.Cc1ccc2c(n1)oc1c(-c3cc(-c4ccc(F)cc4)ccn3)[c-]ccc12.[2H]C([2H])([2H])C([2H])(C)c1c[c-]c(-c2ccccn2)cc1.[Ir].[Ir].[Ir].[Ir].[c-]1ccccc1-c1ccc2ccccc2n1. The number of allylic oxidation sites excluding steroid dienone is 4. The normalized spacial score (nSPS) is 11.6. The number of rotatable bonds is 12. The summed E-state index contributed by atoms with van der Waals surface area (Å²) in [5, 5.41) is 21.0. The molecule has 18 aromatic rings. The van der Waals surface area contributed by atoms with Crippen LogP contribution in [0.1, 0.15) is 86.4 Å². The smallest absolute Gasteiger partial charge is 0.216 e. The number of benzene rings is 10. The van der Waals surface area contributed by atoms with E-state index in [1.807, 2.05) is 177 Å². The van der Waals surface area contributed by atoms with Crippen LogP contribution >= 0.6 is 0 Å². The molecule has 2 N–H and O–H groups in total. The van der Waals surface area contributed by atoms with Crippen LogP contribution in [0.3, 0.4) is 0 Å². The number of furan rings is 1. The number of nitrogens with zero attached hydrogens (tertiary/aromatic N) is 9. The third-order valence-electron chi connectivity index (χ3n) is 18.6. The molecule has 18 rings (SSSR count). The van der Waals surface area contributed by atoms with Crippen molar-refractivity contribution in [3.05, 3.63) is 403 Å². The number of hydrogen-bond acceptors (Lipinski definition) is 14. The third kappa shape index (κ3) is 28.5. The molecule has 0 aliphatic carbocycles. The molecule has 0 bridgehead atoms. The summed E-state index contributed by atoms with van der Waals surface area (Å²) in [6.07, 6.45) is 7.55. The molecule has 19 heteroatoms. The quantitative estimate of drug-likeness (QED) is 0.0664. The number of aromatic nitrogens is 9. The summed E-state index contributed by atoms with van der Waals surface area (Å²) < 4.78 is 49.5. The first-order valence-corrected chi connectivity index (χ1v) is 39.2. The number of carbonyl (C=O) groups excluding carboxylic acids is 2. The van der Waals surface area contributed by atoms with Gasteiger partial charge >= 0.3 is 0 Å². The Labute approximate surface area is 795 Å². The number of aliphatic hydroxyl groups excluding tert-OH is 2. The fourth-order valence-electron chi connectivity index (χ4n) is 12.5. The molecule has 126 heavy (non-hydrogen) atoms. The van der Waals surface area contributed by atoms with Gasteiger partial charge in [0, 0.05) is 139 Å². The molecule has 14 nitrogen and oxygen atoms in total. The van der Waals surface area contributed by atoms with Crippen LogP contribution in [0.2, 0.25) is 0 Å². The molecule has 0 saturated heterocycles. The van der Waals surface area contributed by atoms with Crippen molar-refractivity contribution in [3.63, 3.8) is 0 Å². The molecule has 8 aromatic heterocycles. The van der Waals surface area contributed by atoms with Gasteiger partial charge in [-0.3, -0.25) is 19.6 Å². The van der Waals surface area contributed by atoms with Gasteiger partial charge in [0.2, 0.25) is 5.71 Å². The average Bonchev–Trinajstić information content (AvgIpc) is 1.64. The Hall–Kier alpha value is -12.6. The number of hydrogen-bond donors (Lipinski definition) is 2. The van der Waals surface area contributed by atoms with Gasteiger partial charge in [0.1, 0.15) is 11.6 Å². The summed E-state index contributed by atoms with van der Waals surface area (Å²) >= 11 is 0. The summed E-state index contributed by atoms with van der Waals surface area (Å²) in [6, 6.07) is 110. The fourth-order valence-corrected chi connectivity index (χ4v) is 12.5. The zero-order valence-corrected chi connectivity index (χ0v) is 80.0. The Morgan fingerprint density at radius 1 is 0.405 bits per heavy atom. The van der Waals surface area contributed by atoms with E-state index in [4.69, 9.17) is 40.0 Å². The van der Waals surface area contributed by atoms with E-state index in [9.17, 15) is 14.0 Å². The summed E-state index contributed by atoms with van der Waals surface area (Å²) in [5.74, 6) is -0.0866. The minimum Gasteiger partial charge on any atom is -0.512 e. The van der Waals surface area contributed by atoms with Gasteiger partial charge in [0.25, 0.3) is 0 Å². The van der Waals surface area contributed by atoms with Gasteiger partial charge in [0.05, 0.1) is 28.1 Å². The minimum absolute atomic E-state index is 0. The standard InChI is InChI=1S/C28H21N4.C23H14FN2O.C17H14N.C15H10N.C14H14N.2C5H8O2.4Ir/c1-19-6-10-22(11-7-19)26-30-27(23-12-8-20(2)9-13-23)32-28(31-26)24-16-14-21(15-17-24)25-5-3-4-18-29-25;1-14-5-10-19-18-3-2-4-20(22(18)27-23(19)26-14)21-13-16(11-12-25-21)15-6-8-17(24)9-7-15;1-12-4-3-5-15(10-12)16-9-8-14-7-6-13(2)11-17(14)18-16;1-2-6-12(7-3-1)15-11-10-13-8-4-5-9-14(13)16-15;1-11(2)12-6-8-13(9-7-12)14-5-3-4-10-15-14;2*1-4(6)3-5(2)7;;;;/h3-14,16-18H,1-2H3;2-3,5-13H,1H3;3-4,6-11H,1-2H3;1-6,8-11H;3-8,10-11H,1-2H3;2*3,6H,1-2H3;;;;/q5*-1;;;;;;/i;;;;1D3,11D;;;;;;. The molecule has 8 heterocycles. The average molecular weight is 2370 g/mol. The molecule has 0 aliphatic heterocycles. The van der Waals surface area contributed by atoms with Crippen molar-refractivity contribution < 1.29 is 115 Å². The van der Waals surface area contributed by atoms with Crippen LogP contribution in [-0.4, -0.2) is 66.6 Å². The number of halogens is 1. The number of pyridine rings is 6. The van der Waals surface area contributed by atoms with Crippen molar-refractivity contribution in [1.82, 2.24) is 44.9 Å². The molecular formula is C107H89FIr4N9O5-5. The van der Waals surface area contributed by atoms with E-state index in [2.05, 4.69) is 162 Å². The molecule has 640 valence electrons. The largest absolute Gasteiger partial charge is 0.512 e. The Bertz CT molecular complexity index is 6750.